The number of carbonyl (C=O) groups excluding carboxylic acids is 2. The molecule has 4 heteroatoms. The lowest BCUT2D eigenvalue weighted by molar-refractivity contribution is -0.155. The minimum atomic E-state index is -0.444. The summed E-state index contributed by atoms with van der Waals surface area (Å²) >= 11 is 0. The van der Waals surface area contributed by atoms with Crippen LogP contribution >= 0.6 is 0 Å². The van der Waals surface area contributed by atoms with Gasteiger partial charge >= 0.3 is 11.9 Å². The number of carbonyl (C=O) groups is 2. The SMILES string of the molecule is C=CC(=O)OCC(C)(C)COC(=O)C1CCC(C2CCCCC2)CC1. The van der Waals surface area contributed by atoms with Gasteiger partial charge in [0.05, 0.1) is 19.1 Å². The maximum atomic E-state index is 12.4. The Bertz CT molecular complexity index is 455. The lowest BCUT2D eigenvalue weighted by Crippen LogP contribution is -2.32. The molecule has 0 saturated heterocycles. The van der Waals surface area contributed by atoms with Crippen LogP contribution in [0.1, 0.15) is 71.6 Å². The highest BCUT2D eigenvalue weighted by molar-refractivity contribution is 5.81. The standard InChI is InChI=1S/C21H34O4/c1-4-19(22)24-14-21(2,3)15-25-20(23)18-12-10-17(11-13-18)16-8-6-5-7-9-16/h4,16-18H,1,5-15H2,2-3H3. The van der Waals surface area contributed by atoms with Crippen LogP contribution in [0.3, 0.4) is 0 Å². The molecule has 0 heterocycles. The summed E-state index contributed by atoms with van der Waals surface area (Å²) in [6.45, 7) is 7.73. The van der Waals surface area contributed by atoms with E-state index in [1.165, 1.54) is 44.9 Å². The molecule has 0 aromatic rings. The number of rotatable bonds is 7. The van der Waals surface area contributed by atoms with Gasteiger partial charge < -0.3 is 9.47 Å². The molecule has 4 nitrogen and oxygen atoms in total. The molecule has 0 atom stereocenters. The summed E-state index contributed by atoms with van der Waals surface area (Å²) in [6, 6.07) is 0. The molecule has 2 fully saturated rings. The maximum Gasteiger partial charge on any atom is 0.330 e. The van der Waals surface area contributed by atoms with Gasteiger partial charge in [0, 0.05) is 11.5 Å². The molecule has 0 N–H and O–H groups in total. The third kappa shape index (κ3) is 6.48. The van der Waals surface area contributed by atoms with Crippen LogP contribution in [-0.2, 0) is 19.1 Å². The van der Waals surface area contributed by atoms with E-state index in [1.54, 1.807) is 0 Å². The second-order valence-electron chi connectivity index (χ2n) is 8.59. The molecule has 0 radical (unpaired) electrons. The van der Waals surface area contributed by atoms with Crippen LogP contribution in [0, 0.1) is 23.2 Å². The first-order valence-electron chi connectivity index (χ1n) is 9.87. The Hall–Kier alpha value is -1.32. The van der Waals surface area contributed by atoms with E-state index in [2.05, 4.69) is 6.58 Å². The molecule has 0 aromatic carbocycles. The zero-order chi connectivity index (χ0) is 18.3. The van der Waals surface area contributed by atoms with Crippen molar-refractivity contribution in [3.05, 3.63) is 12.7 Å². The molecule has 0 spiro atoms. The Kier molecular flexibility index (Phi) is 7.52. The highest BCUT2D eigenvalue weighted by Crippen LogP contribution is 2.40. The van der Waals surface area contributed by atoms with Crippen LogP contribution in [0.25, 0.3) is 0 Å². The van der Waals surface area contributed by atoms with Crippen molar-refractivity contribution in [2.24, 2.45) is 23.2 Å². The Morgan fingerprint density at radius 3 is 2.08 bits per heavy atom. The first-order chi connectivity index (χ1) is 11.9. The van der Waals surface area contributed by atoms with Gasteiger partial charge in [0.2, 0.25) is 0 Å². The van der Waals surface area contributed by atoms with Crippen LogP contribution in [0.2, 0.25) is 0 Å². The van der Waals surface area contributed by atoms with E-state index in [0.717, 1.165) is 30.8 Å². The van der Waals surface area contributed by atoms with Crippen LogP contribution in [0.4, 0.5) is 0 Å². The van der Waals surface area contributed by atoms with E-state index in [9.17, 15) is 9.59 Å². The molecule has 2 saturated carbocycles. The molecule has 2 rings (SSSR count). The fourth-order valence-corrected chi connectivity index (χ4v) is 4.18. The molecular weight excluding hydrogens is 316 g/mol. The molecule has 0 amide bonds. The molecule has 142 valence electrons. The normalized spacial score (nSPS) is 25.2. The molecular formula is C21H34O4. The average Bonchev–Trinajstić information content (AvgIpc) is 2.65. The molecule has 0 aromatic heterocycles. The van der Waals surface area contributed by atoms with Crippen molar-refractivity contribution in [3.8, 4) is 0 Å². The zero-order valence-electron chi connectivity index (χ0n) is 15.9. The van der Waals surface area contributed by atoms with Crippen molar-refractivity contribution in [1.82, 2.24) is 0 Å². The lowest BCUT2D eigenvalue weighted by atomic mass is 9.71. The molecule has 2 aliphatic carbocycles. The summed E-state index contributed by atoms with van der Waals surface area (Å²) in [5.41, 5.74) is -0.381. The van der Waals surface area contributed by atoms with Crippen molar-refractivity contribution in [3.63, 3.8) is 0 Å². The summed E-state index contributed by atoms with van der Waals surface area (Å²) < 4.78 is 10.6. The smallest absolute Gasteiger partial charge is 0.330 e. The maximum absolute atomic E-state index is 12.4. The predicted molar refractivity (Wildman–Crippen MR) is 97.9 cm³/mol. The van der Waals surface area contributed by atoms with E-state index >= 15 is 0 Å². The van der Waals surface area contributed by atoms with Gasteiger partial charge in [-0.2, -0.15) is 0 Å². The van der Waals surface area contributed by atoms with E-state index < -0.39 is 5.97 Å². The van der Waals surface area contributed by atoms with Crippen LogP contribution in [-0.4, -0.2) is 25.2 Å². The summed E-state index contributed by atoms with van der Waals surface area (Å²) in [5.74, 6) is 1.24. The lowest BCUT2D eigenvalue weighted by Gasteiger charge is -2.35. The second kappa shape index (κ2) is 9.40. The molecule has 0 aliphatic heterocycles. The quantitative estimate of drug-likeness (QED) is 0.494. The Balaban J connectivity index is 1.69. The first-order valence-corrected chi connectivity index (χ1v) is 9.87. The minimum Gasteiger partial charge on any atom is -0.465 e. The van der Waals surface area contributed by atoms with Crippen molar-refractivity contribution in [2.45, 2.75) is 71.6 Å². The summed E-state index contributed by atoms with van der Waals surface area (Å²) in [6.07, 6.45) is 12.4. The van der Waals surface area contributed by atoms with Crippen LogP contribution in [0.15, 0.2) is 12.7 Å². The van der Waals surface area contributed by atoms with Crippen LogP contribution in [0.5, 0.6) is 0 Å². The van der Waals surface area contributed by atoms with Gasteiger partial charge in [0.25, 0.3) is 0 Å². The summed E-state index contributed by atoms with van der Waals surface area (Å²) in [7, 11) is 0. The first kappa shape index (κ1) is 20.0. The molecule has 2 aliphatic rings. The third-order valence-corrected chi connectivity index (χ3v) is 5.80. The van der Waals surface area contributed by atoms with Gasteiger partial charge in [-0.15, -0.1) is 0 Å². The van der Waals surface area contributed by atoms with Gasteiger partial charge in [-0.05, 0) is 37.5 Å². The highest BCUT2D eigenvalue weighted by Gasteiger charge is 2.33. The fourth-order valence-electron chi connectivity index (χ4n) is 4.18. The van der Waals surface area contributed by atoms with E-state index in [-0.39, 0.29) is 30.5 Å². The number of hydrogen-bond donors (Lipinski definition) is 0. The fraction of sp³-hybridized carbons (Fsp3) is 0.810. The molecule has 0 unspecified atom stereocenters. The Labute approximate surface area is 152 Å². The molecule has 0 bridgehead atoms. The number of hydrogen-bond acceptors (Lipinski definition) is 4. The van der Waals surface area contributed by atoms with Crippen molar-refractivity contribution >= 4 is 11.9 Å². The van der Waals surface area contributed by atoms with Crippen molar-refractivity contribution in [1.29, 1.82) is 0 Å². The van der Waals surface area contributed by atoms with Crippen molar-refractivity contribution < 1.29 is 19.1 Å². The summed E-state index contributed by atoms with van der Waals surface area (Å²) in [4.78, 5) is 23.5. The van der Waals surface area contributed by atoms with E-state index in [0.29, 0.717) is 0 Å². The monoisotopic (exact) mass is 350 g/mol. The topological polar surface area (TPSA) is 52.6 Å². The third-order valence-electron chi connectivity index (χ3n) is 5.80. The Morgan fingerprint density at radius 1 is 0.920 bits per heavy atom. The largest absolute Gasteiger partial charge is 0.465 e. The Morgan fingerprint density at radius 2 is 1.48 bits per heavy atom. The summed E-state index contributed by atoms with van der Waals surface area (Å²) in [5, 5.41) is 0. The second-order valence-corrected chi connectivity index (χ2v) is 8.59. The average molecular weight is 350 g/mol. The number of esters is 2. The zero-order valence-corrected chi connectivity index (χ0v) is 15.9. The highest BCUT2D eigenvalue weighted by atomic mass is 16.5. The van der Waals surface area contributed by atoms with Crippen LogP contribution < -0.4 is 0 Å². The molecule has 25 heavy (non-hydrogen) atoms. The van der Waals surface area contributed by atoms with E-state index in [1.807, 2.05) is 13.8 Å². The van der Waals surface area contributed by atoms with Gasteiger partial charge in [-0.3, -0.25) is 4.79 Å². The van der Waals surface area contributed by atoms with Crippen molar-refractivity contribution in [2.75, 3.05) is 13.2 Å². The van der Waals surface area contributed by atoms with Gasteiger partial charge in [-0.1, -0.05) is 52.5 Å². The minimum absolute atomic E-state index is 0.0476. The predicted octanol–water partition coefficient (Wildman–Crippen LogP) is 4.67. The van der Waals surface area contributed by atoms with Gasteiger partial charge in [0.1, 0.15) is 0 Å². The van der Waals surface area contributed by atoms with Gasteiger partial charge in [-0.25, -0.2) is 4.79 Å². The van der Waals surface area contributed by atoms with Gasteiger partial charge in [0.15, 0.2) is 0 Å². The van der Waals surface area contributed by atoms with E-state index in [4.69, 9.17) is 9.47 Å². The number of ether oxygens (including phenoxy) is 2.